The zero-order valence-electron chi connectivity index (χ0n) is 8.15. The van der Waals surface area contributed by atoms with Crippen molar-refractivity contribution in [1.29, 1.82) is 0 Å². The molecule has 21 heteroatoms. The van der Waals surface area contributed by atoms with E-state index in [4.69, 9.17) is 0 Å². The van der Waals surface area contributed by atoms with Crippen LogP contribution >= 0.6 is 34.0 Å². The van der Waals surface area contributed by atoms with Crippen LogP contribution in [0, 0.1) is 0 Å². The Morgan fingerprint density at radius 1 is 0.238 bits per heavy atom. The van der Waals surface area contributed by atoms with Crippen LogP contribution in [-0.2, 0) is 16.5 Å². The standard InChI is InChI=1S/4F4P.Ni/c4*1-5(2,3)4;/q4*+1;. The molecule has 0 saturated heterocycles. The summed E-state index contributed by atoms with van der Waals surface area (Å²) < 4.78 is 157. The maximum atomic E-state index is 9.80. The third-order valence-corrected chi connectivity index (χ3v) is 0. The third-order valence-electron chi connectivity index (χ3n) is 0. The van der Waals surface area contributed by atoms with E-state index < -0.39 is 34.0 Å². The van der Waals surface area contributed by atoms with Crippen LogP contribution in [0.1, 0.15) is 0 Å². The third kappa shape index (κ3) is 6430. The van der Waals surface area contributed by atoms with E-state index in [-0.39, 0.29) is 16.5 Å². The van der Waals surface area contributed by atoms with Crippen molar-refractivity contribution in [1.82, 2.24) is 0 Å². The molecule has 138 valence electrons. The number of rotatable bonds is 0. The van der Waals surface area contributed by atoms with Crippen molar-refractivity contribution in [3.63, 3.8) is 0 Å². The molecule has 0 aliphatic rings. The fourth-order valence-corrected chi connectivity index (χ4v) is 0. The summed E-state index contributed by atoms with van der Waals surface area (Å²) in [5.74, 6) is 0. The molecule has 0 bridgehead atoms. The van der Waals surface area contributed by atoms with Gasteiger partial charge in [0.2, 0.25) is 0 Å². The Hall–Kier alpha value is 1.09. The molecule has 21 heavy (non-hydrogen) atoms. The second kappa shape index (κ2) is 13.5. The SMILES string of the molecule is F[P+](F)(F)F.F[P+](F)(F)F.F[P+](F)(F)F.F[P+](F)(F)F.[Ni]. The van der Waals surface area contributed by atoms with Gasteiger partial charge in [0.25, 0.3) is 0 Å². The van der Waals surface area contributed by atoms with Crippen LogP contribution in [0.15, 0.2) is 0 Å². The van der Waals surface area contributed by atoms with Gasteiger partial charge in [0, 0.05) is 16.5 Å². The molecule has 0 saturated carbocycles. The Kier molecular flexibility index (Phi) is 21.7. The van der Waals surface area contributed by atoms with Gasteiger partial charge in [-0.1, -0.05) is 0 Å². The summed E-state index contributed by atoms with van der Waals surface area (Å²) in [6, 6.07) is 0. The molecular formula is F16NiP4+4. The Balaban J connectivity index is -0.0000000533. The van der Waals surface area contributed by atoms with E-state index in [9.17, 15) is 67.2 Å². The van der Waals surface area contributed by atoms with Gasteiger partial charge in [-0.15, -0.1) is 0 Å². The van der Waals surface area contributed by atoms with Crippen LogP contribution in [0.3, 0.4) is 0 Å². The number of hydrogen-bond acceptors (Lipinski definition) is 0. The first-order valence-corrected chi connectivity index (χ1v) is 8.11. The summed E-state index contributed by atoms with van der Waals surface area (Å²) in [4.78, 5) is 0. The molecule has 0 radical (unpaired) electrons. The van der Waals surface area contributed by atoms with Crippen molar-refractivity contribution in [3.8, 4) is 0 Å². The molecule has 0 aliphatic heterocycles. The number of hydrogen-bond donors (Lipinski definition) is 0. The van der Waals surface area contributed by atoms with Gasteiger partial charge in [0.1, 0.15) is 0 Å². The molecule has 0 heterocycles. The second-order valence-electron chi connectivity index (χ2n) is 1.53. The average Bonchev–Trinajstić information content (AvgIpc) is 1.62. The van der Waals surface area contributed by atoms with Gasteiger partial charge in [0.15, 0.2) is 0 Å². The van der Waals surface area contributed by atoms with Crippen molar-refractivity contribution < 1.29 is 83.6 Å². The van der Waals surface area contributed by atoms with E-state index in [0.717, 1.165) is 0 Å². The molecule has 0 rings (SSSR count). The van der Waals surface area contributed by atoms with Crippen LogP contribution in [0.2, 0.25) is 0 Å². The van der Waals surface area contributed by atoms with E-state index in [1.807, 2.05) is 0 Å². The van der Waals surface area contributed by atoms with Gasteiger partial charge in [-0.25, -0.2) is 0 Å². The summed E-state index contributed by atoms with van der Waals surface area (Å²) in [6.45, 7) is 0. The predicted octanol–water partition coefficient (Wildman–Crippen LogP) is 10.2. The zero-order chi connectivity index (χ0) is 18.0. The Morgan fingerprint density at radius 3 is 0.238 bits per heavy atom. The fraction of sp³-hybridized carbons (Fsp3) is 0. The summed E-state index contributed by atoms with van der Waals surface area (Å²) >= 11 is 0. The van der Waals surface area contributed by atoms with Crippen molar-refractivity contribution in [2.24, 2.45) is 0 Å². The molecule has 0 nitrogen and oxygen atoms in total. The molecule has 0 aromatic heterocycles. The first-order chi connectivity index (χ1) is 8.00. The molecule has 0 aromatic carbocycles. The minimum atomic E-state index is -6.39. The van der Waals surface area contributed by atoms with Gasteiger partial charge >= 0.3 is 34.0 Å². The summed E-state index contributed by atoms with van der Waals surface area (Å²) in [7, 11) is -25.6. The fourth-order valence-electron chi connectivity index (χ4n) is 0. The van der Waals surface area contributed by atoms with Crippen molar-refractivity contribution in [3.05, 3.63) is 0 Å². The first-order valence-electron chi connectivity index (χ1n) is 2.70. The van der Waals surface area contributed by atoms with Crippen LogP contribution in [0.4, 0.5) is 67.2 Å². The largest absolute Gasteiger partial charge is 0.755 e. The van der Waals surface area contributed by atoms with E-state index in [0.29, 0.717) is 0 Å². The maximum Gasteiger partial charge on any atom is 0.755 e. The smallest absolute Gasteiger partial charge is 0 e. The van der Waals surface area contributed by atoms with Crippen molar-refractivity contribution >= 4 is 34.0 Å². The topological polar surface area (TPSA) is 0 Å². The van der Waals surface area contributed by atoms with Crippen LogP contribution in [0.25, 0.3) is 0 Å². The Labute approximate surface area is 118 Å². The summed E-state index contributed by atoms with van der Waals surface area (Å²) in [5.41, 5.74) is 0. The molecule has 0 amide bonds. The quantitative estimate of drug-likeness (QED) is 0.181. The van der Waals surface area contributed by atoms with E-state index in [1.54, 1.807) is 0 Å². The van der Waals surface area contributed by atoms with Gasteiger partial charge < -0.3 is 0 Å². The predicted molar refractivity (Wildman–Crippen MR) is 45.4 cm³/mol. The van der Waals surface area contributed by atoms with Gasteiger partial charge in [0.05, 0.1) is 67.2 Å². The summed E-state index contributed by atoms with van der Waals surface area (Å²) in [5, 5.41) is 0. The maximum absolute atomic E-state index is 9.80. The minimum absolute atomic E-state index is 0. The molecule has 0 N–H and O–H groups in total. The normalized spacial score (nSPS) is 11.4. The molecule has 0 aromatic rings. The monoisotopic (exact) mass is 486 g/mol. The minimum Gasteiger partial charge on any atom is 0 e. The number of halogens is 16. The molecule has 0 unspecified atom stereocenters. The van der Waals surface area contributed by atoms with Crippen LogP contribution in [0.5, 0.6) is 0 Å². The van der Waals surface area contributed by atoms with Gasteiger partial charge in [-0.3, -0.25) is 0 Å². The van der Waals surface area contributed by atoms with Crippen molar-refractivity contribution in [2.45, 2.75) is 0 Å². The molecule has 0 spiro atoms. The Bertz CT molecular complexity index is 130. The van der Waals surface area contributed by atoms with Crippen molar-refractivity contribution in [2.75, 3.05) is 0 Å². The van der Waals surface area contributed by atoms with E-state index in [1.165, 1.54) is 0 Å². The zero-order valence-corrected chi connectivity index (χ0v) is 12.7. The molecular weight excluding hydrogens is 487 g/mol. The van der Waals surface area contributed by atoms with Crippen LogP contribution in [-0.4, -0.2) is 0 Å². The van der Waals surface area contributed by atoms with E-state index >= 15 is 0 Å². The second-order valence-corrected chi connectivity index (χ2v) is 4.60. The first kappa shape index (κ1) is 33.6. The van der Waals surface area contributed by atoms with E-state index in [2.05, 4.69) is 0 Å². The Morgan fingerprint density at radius 2 is 0.238 bits per heavy atom. The summed E-state index contributed by atoms with van der Waals surface area (Å²) in [6.07, 6.45) is 0. The van der Waals surface area contributed by atoms with Gasteiger partial charge in [-0.2, -0.15) is 0 Å². The van der Waals surface area contributed by atoms with Crippen LogP contribution < -0.4 is 0 Å². The molecule has 0 fully saturated rings. The molecule has 0 atom stereocenters. The van der Waals surface area contributed by atoms with Gasteiger partial charge in [-0.05, 0) is 0 Å². The molecule has 0 aliphatic carbocycles. The average molecular weight is 487 g/mol.